The lowest BCUT2D eigenvalue weighted by atomic mass is 10.0. The highest BCUT2D eigenvalue weighted by Gasteiger charge is 2.46. The van der Waals surface area contributed by atoms with Crippen LogP contribution in [0, 0.1) is 5.92 Å². The number of rotatable bonds is 4. The van der Waals surface area contributed by atoms with Crippen LogP contribution in [0.15, 0.2) is 22.7 Å². The number of nitrogens with zero attached hydrogens (tertiary/aromatic N) is 5. The lowest BCUT2D eigenvalue weighted by Gasteiger charge is -2.24. The number of likely N-dealkylation sites (tertiary alicyclic amines) is 1. The summed E-state index contributed by atoms with van der Waals surface area (Å²) in [5.41, 5.74) is 4.42. The molecule has 1 N–H and O–H groups in total. The van der Waals surface area contributed by atoms with Crippen molar-refractivity contribution in [3.05, 3.63) is 39.9 Å². The minimum atomic E-state index is -0.0221. The molecule has 1 aliphatic carbocycles. The van der Waals surface area contributed by atoms with Crippen molar-refractivity contribution in [3.63, 3.8) is 0 Å². The molecule has 1 saturated heterocycles. The average molecular weight is 438 g/mol. The first kappa shape index (κ1) is 19.1. The van der Waals surface area contributed by atoms with Crippen LogP contribution < -0.4 is 0 Å². The smallest absolute Gasteiger partial charge is 0.287 e. The SMILES string of the molecule is CN1CCc2nc(-c3nc(-c4cccc5c4CC4CC(=O)N(CCO)C54)no3)sc2C1. The number of hydrogen-bond donors (Lipinski definition) is 1. The Labute approximate surface area is 183 Å². The molecule has 1 aromatic carbocycles. The van der Waals surface area contributed by atoms with Crippen molar-refractivity contribution >= 4 is 17.2 Å². The number of β-amino-alcohol motifs (C(OH)–C–C–N with tert-alkyl or cyclic N) is 1. The molecule has 160 valence electrons. The zero-order chi connectivity index (χ0) is 21.1. The van der Waals surface area contributed by atoms with Crippen LogP contribution in [-0.2, 0) is 24.2 Å². The number of benzene rings is 1. The minimum absolute atomic E-state index is 0.0221. The Morgan fingerprint density at radius 2 is 2.19 bits per heavy atom. The Balaban J connectivity index is 1.34. The van der Waals surface area contributed by atoms with E-state index in [1.807, 2.05) is 17.0 Å². The zero-order valence-corrected chi connectivity index (χ0v) is 18.1. The van der Waals surface area contributed by atoms with Gasteiger partial charge in [-0.1, -0.05) is 23.4 Å². The van der Waals surface area contributed by atoms with Gasteiger partial charge >= 0.3 is 0 Å². The van der Waals surface area contributed by atoms with Crippen molar-refractivity contribution < 1.29 is 14.4 Å². The monoisotopic (exact) mass is 437 g/mol. The molecule has 0 bridgehead atoms. The summed E-state index contributed by atoms with van der Waals surface area (Å²) >= 11 is 1.63. The van der Waals surface area contributed by atoms with E-state index >= 15 is 0 Å². The van der Waals surface area contributed by atoms with Gasteiger partial charge in [0.2, 0.25) is 11.7 Å². The topological polar surface area (TPSA) is 95.6 Å². The molecule has 3 aliphatic rings. The average Bonchev–Trinajstić information content (AvgIpc) is 3.51. The maximum Gasteiger partial charge on any atom is 0.287 e. The molecule has 6 rings (SSSR count). The number of aromatic nitrogens is 3. The predicted molar refractivity (Wildman–Crippen MR) is 114 cm³/mol. The Morgan fingerprint density at radius 3 is 3.06 bits per heavy atom. The summed E-state index contributed by atoms with van der Waals surface area (Å²) in [6, 6.07) is 6.13. The van der Waals surface area contributed by atoms with E-state index in [9.17, 15) is 9.90 Å². The molecular weight excluding hydrogens is 414 g/mol. The van der Waals surface area contributed by atoms with Crippen LogP contribution in [0.4, 0.5) is 0 Å². The molecule has 0 saturated carbocycles. The molecule has 1 amide bonds. The van der Waals surface area contributed by atoms with Gasteiger partial charge in [-0.25, -0.2) is 4.98 Å². The first-order chi connectivity index (χ1) is 15.1. The highest BCUT2D eigenvalue weighted by atomic mass is 32.1. The number of fused-ring (bicyclic) bond motifs is 4. The molecule has 2 aromatic heterocycles. The first-order valence-electron chi connectivity index (χ1n) is 10.7. The summed E-state index contributed by atoms with van der Waals surface area (Å²) < 4.78 is 5.62. The molecule has 2 unspecified atom stereocenters. The molecule has 1 fully saturated rings. The van der Waals surface area contributed by atoms with Gasteiger partial charge in [0.25, 0.3) is 5.89 Å². The van der Waals surface area contributed by atoms with Gasteiger partial charge < -0.3 is 19.4 Å². The maximum atomic E-state index is 12.4. The largest absolute Gasteiger partial charge is 0.395 e. The van der Waals surface area contributed by atoms with Crippen molar-refractivity contribution in [3.8, 4) is 22.3 Å². The van der Waals surface area contributed by atoms with E-state index in [1.165, 1.54) is 10.4 Å². The summed E-state index contributed by atoms with van der Waals surface area (Å²) in [6.07, 6.45) is 2.28. The molecule has 3 aromatic rings. The number of aliphatic hydroxyl groups is 1. The van der Waals surface area contributed by atoms with Crippen LogP contribution in [-0.4, -0.2) is 62.7 Å². The van der Waals surface area contributed by atoms with Crippen LogP contribution in [0.25, 0.3) is 22.3 Å². The van der Waals surface area contributed by atoms with E-state index in [1.54, 1.807) is 11.3 Å². The van der Waals surface area contributed by atoms with Crippen LogP contribution in [0.3, 0.4) is 0 Å². The van der Waals surface area contributed by atoms with Crippen molar-refractivity contribution in [2.24, 2.45) is 5.92 Å². The van der Waals surface area contributed by atoms with Gasteiger partial charge in [-0.3, -0.25) is 4.79 Å². The van der Waals surface area contributed by atoms with E-state index in [2.05, 4.69) is 23.2 Å². The molecule has 0 radical (unpaired) electrons. The lowest BCUT2D eigenvalue weighted by molar-refractivity contribution is -0.129. The van der Waals surface area contributed by atoms with Crippen molar-refractivity contribution in [1.29, 1.82) is 0 Å². The summed E-state index contributed by atoms with van der Waals surface area (Å²) in [5.74, 6) is 1.40. The van der Waals surface area contributed by atoms with Crippen LogP contribution in [0.5, 0.6) is 0 Å². The molecular formula is C22H23N5O3S. The second kappa shape index (κ2) is 7.22. The van der Waals surface area contributed by atoms with Crippen LogP contribution >= 0.6 is 11.3 Å². The number of carbonyl (C=O) groups is 1. The number of carbonyl (C=O) groups excluding carboxylic acids is 1. The van der Waals surface area contributed by atoms with Crippen LogP contribution in [0.2, 0.25) is 0 Å². The second-order valence-electron chi connectivity index (χ2n) is 8.60. The Morgan fingerprint density at radius 1 is 1.29 bits per heavy atom. The van der Waals surface area contributed by atoms with Gasteiger partial charge in [0.1, 0.15) is 0 Å². The Hall–Kier alpha value is -2.62. The highest BCUT2D eigenvalue weighted by molar-refractivity contribution is 7.15. The summed E-state index contributed by atoms with van der Waals surface area (Å²) in [7, 11) is 2.12. The van der Waals surface area contributed by atoms with Gasteiger partial charge in [0.15, 0.2) is 5.01 Å². The number of aliphatic hydroxyl groups excluding tert-OH is 1. The van der Waals surface area contributed by atoms with Crippen LogP contribution in [0.1, 0.15) is 34.2 Å². The normalized spacial score (nSPS) is 22.6. The predicted octanol–water partition coefficient (Wildman–Crippen LogP) is 2.29. The molecule has 9 heteroatoms. The van der Waals surface area contributed by atoms with Gasteiger partial charge in [-0.2, -0.15) is 4.98 Å². The van der Waals surface area contributed by atoms with Gasteiger partial charge in [-0.15, -0.1) is 11.3 Å². The van der Waals surface area contributed by atoms with E-state index < -0.39 is 0 Å². The molecule has 4 heterocycles. The first-order valence-corrected chi connectivity index (χ1v) is 11.5. The quantitative estimate of drug-likeness (QED) is 0.669. The zero-order valence-electron chi connectivity index (χ0n) is 17.2. The third-order valence-corrected chi connectivity index (χ3v) is 7.72. The number of amides is 1. The van der Waals surface area contributed by atoms with Gasteiger partial charge in [0, 0.05) is 42.9 Å². The molecule has 0 spiro atoms. The number of likely N-dealkylation sites (N-methyl/N-ethyl adjacent to an activating group) is 1. The van der Waals surface area contributed by atoms with Crippen molar-refractivity contribution in [2.75, 3.05) is 26.7 Å². The molecule has 31 heavy (non-hydrogen) atoms. The number of thiazole rings is 1. The molecule has 2 aliphatic heterocycles. The maximum absolute atomic E-state index is 12.4. The van der Waals surface area contributed by atoms with Gasteiger partial charge in [0.05, 0.1) is 18.3 Å². The van der Waals surface area contributed by atoms with E-state index in [-0.39, 0.29) is 24.5 Å². The van der Waals surface area contributed by atoms with Crippen molar-refractivity contribution in [2.45, 2.75) is 31.8 Å². The number of hydrogen-bond acceptors (Lipinski definition) is 8. The van der Waals surface area contributed by atoms with E-state index in [0.29, 0.717) is 24.7 Å². The van der Waals surface area contributed by atoms with Crippen molar-refractivity contribution in [1.82, 2.24) is 24.9 Å². The standard InChI is InChI=1S/C22H23N5O3S/c1-26-6-5-16-17(11-26)31-22(23-16)21-24-20(25-30-21)14-4-2-3-13-15(14)9-12-10-18(29)27(7-8-28)19(12)13/h2-4,12,19,28H,5-11H2,1H3. The third kappa shape index (κ3) is 3.02. The fourth-order valence-electron chi connectivity index (χ4n) is 5.26. The highest BCUT2D eigenvalue weighted by Crippen LogP contribution is 2.49. The van der Waals surface area contributed by atoms with E-state index in [0.717, 1.165) is 47.8 Å². The minimum Gasteiger partial charge on any atom is -0.395 e. The molecule has 2 atom stereocenters. The third-order valence-electron chi connectivity index (χ3n) is 6.65. The second-order valence-corrected chi connectivity index (χ2v) is 9.68. The summed E-state index contributed by atoms with van der Waals surface area (Å²) in [4.78, 5) is 27.2. The fraction of sp³-hybridized carbons (Fsp3) is 0.455. The lowest BCUT2D eigenvalue weighted by Crippen LogP contribution is -2.30. The summed E-state index contributed by atoms with van der Waals surface area (Å²) in [6.45, 7) is 2.28. The summed E-state index contributed by atoms with van der Waals surface area (Å²) in [5, 5.41) is 14.5. The Kier molecular flexibility index (Phi) is 4.45. The molecule has 8 nitrogen and oxygen atoms in total. The van der Waals surface area contributed by atoms with Gasteiger partial charge in [-0.05, 0) is 30.5 Å². The Bertz CT molecular complexity index is 1170. The van der Waals surface area contributed by atoms with E-state index in [4.69, 9.17) is 14.5 Å². The fourth-order valence-corrected chi connectivity index (χ4v) is 6.37.